The molecule has 0 heterocycles. The second-order valence-electron chi connectivity index (χ2n) is 5.58. The van der Waals surface area contributed by atoms with Crippen molar-refractivity contribution in [2.24, 2.45) is 0 Å². The van der Waals surface area contributed by atoms with E-state index in [2.05, 4.69) is 26.6 Å². The molecule has 6 heteroatoms. The summed E-state index contributed by atoms with van der Waals surface area (Å²) in [6, 6.07) is 13.3. The number of nitrogens with one attached hydrogen (secondary N) is 2. The number of rotatable bonds is 7. The Balaban J connectivity index is 1.83. The maximum atomic E-state index is 12.1. The smallest absolute Gasteiger partial charge is 0.315 e. The van der Waals surface area contributed by atoms with E-state index in [1.165, 1.54) is 0 Å². The normalized spacial score (nSPS) is 11.5. The molecule has 25 heavy (non-hydrogen) atoms. The number of amides is 2. The van der Waals surface area contributed by atoms with Crippen molar-refractivity contribution in [3.63, 3.8) is 0 Å². The van der Waals surface area contributed by atoms with Crippen LogP contribution in [0.3, 0.4) is 0 Å². The van der Waals surface area contributed by atoms with Crippen LogP contribution < -0.4 is 20.1 Å². The summed E-state index contributed by atoms with van der Waals surface area (Å²) in [6.07, 6.45) is 0.706. The topological polar surface area (TPSA) is 59.6 Å². The Bertz CT molecular complexity index is 722. The van der Waals surface area contributed by atoms with Crippen molar-refractivity contribution in [1.82, 2.24) is 10.6 Å². The van der Waals surface area contributed by atoms with Crippen molar-refractivity contribution in [2.45, 2.75) is 19.4 Å². The van der Waals surface area contributed by atoms with Gasteiger partial charge in [-0.05, 0) is 42.7 Å². The van der Waals surface area contributed by atoms with Crippen LogP contribution in [0.4, 0.5) is 4.79 Å². The lowest BCUT2D eigenvalue weighted by Crippen LogP contribution is -2.38. The van der Waals surface area contributed by atoms with Crippen molar-refractivity contribution in [3.8, 4) is 11.5 Å². The predicted molar refractivity (Wildman–Crippen MR) is 102 cm³/mol. The van der Waals surface area contributed by atoms with Gasteiger partial charge >= 0.3 is 6.03 Å². The highest BCUT2D eigenvalue weighted by atomic mass is 79.9. The van der Waals surface area contributed by atoms with Crippen LogP contribution in [0.5, 0.6) is 11.5 Å². The zero-order chi connectivity index (χ0) is 18.2. The number of methoxy groups -OCH3 is 2. The largest absolute Gasteiger partial charge is 0.493 e. The first-order valence-electron chi connectivity index (χ1n) is 8.05. The molecule has 2 N–H and O–H groups in total. The second-order valence-corrected chi connectivity index (χ2v) is 6.44. The van der Waals surface area contributed by atoms with Crippen molar-refractivity contribution in [3.05, 3.63) is 58.1 Å². The average Bonchev–Trinajstić information content (AvgIpc) is 2.61. The van der Waals surface area contributed by atoms with E-state index in [4.69, 9.17) is 9.47 Å². The van der Waals surface area contributed by atoms with Gasteiger partial charge in [0.2, 0.25) is 0 Å². The first kappa shape index (κ1) is 19.1. The maximum Gasteiger partial charge on any atom is 0.315 e. The molecule has 0 radical (unpaired) electrons. The summed E-state index contributed by atoms with van der Waals surface area (Å²) in [6.45, 7) is 2.48. The Morgan fingerprint density at radius 3 is 2.52 bits per heavy atom. The quantitative estimate of drug-likeness (QED) is 0.728. The van der Waals surface area contributed by atoms with Gasteiger partial charge in [0, 0.05) is 11.0 Å². The van der Waals surface area contributed by atoms with E-state index in [-0.39, 0.29) is 12.1 Å². The second kappa shape index (κ2) is 9.32. The fourth-order valence-electron chi connectivity index (χ4n) is 2.51. The molecule has 0 aromatic heterocycles. The SMILES string of the molecule is COc1ccc(CCNC(=O)N[C@@H](C)c2ccccc2Br)cc1OC. The number of halogens is 1. The van der Waals surface area contributed by atoms with Gasteiger partial charge in [0.1, 0.15) is 0 Å². The molecule has 134 valence electrons. The monoisotopic (exact) mass is 406 g/mol. The Labute approximate surface area is 156 Å². The van der Waals surface area contributed by atoms with Crippen LogP contribution in [-0.2, 0) is 6.42 Å². The minimum absolute atomic E-state index is 0.0864. The Hall–Kier alpha value is -2.21. The molecule has 0 bridgehead atoms. The van der Waals surface area contributed by atoms with Gasteiger partial charge in [-0.3, -0.25) is 0 Å². The van der Waals surface area contributed by atoms with Crippen LogP contribution in [0.25, 0.3) is 0 Å². The first-order valence-corrected chi connectivity index (χ1v) is 8.84. The minimum Gasteiger partial charge on any atom is -0.493 e. The molecule has 5 nitrogen and oxygen atoms in total. The molecule has 2 aromatic rings. The summed E-state index contributed by atoms with van der Waals surface area (Å²) >= 11 is 3.50. The first-order chi connectivity index (χ1) is 12.0. The molecule has 2 aromatic carbocycles. The van der Waals surface area contributed by atoms with Crippen LogP contribution in [0.15, 0.2) is 46.9 Å². The summed E-state index contributed by atoms with van der Waals surface area (Å²) in [5, 5.41) is 5.82. The van der Waals surface area contributed by atoms with Crippen LogP contribution in [0.2, 0.25) is 0 Å². The highest BCUT2D eigenvalue weighted by molar-refractivity contribution is 9.10. The Morgan fingerprint density at radius 1 is 1.12 bits per heavy atom. The van der Waals surface area contributed by atoms with E-state index in [9.17, 15) is 4.79 Å². The summed E-state index contributed by atoms with van der Waals surface area (Å²) in [5.74, 6) is 1.38. The highest BCUT2D eigenvalue weighted by Crippen LogP contribution is 2.27. The lowest BCUT2D eigenvalue weighted by atomic mass is 10.1. The van der Waals surface area contributed by atoms with Crippen molar-refractivity contribution in [1.29, 1.82) is 0 Å². The number of benzene rings is 2. The highest BCUT2D eigenvalue weighted by Gasteiger charge is 2.11. The molecule has 0 saturated heterocycles. The molecule has 2 amide bonds. The van der Waals surface area contributed by atoms with Gasteiger partial charge in [0.05, 0.1) is 20.3 Å². The van der Waals surface area contributed by atoms with E-state index in [0.717, 1.165) is 15.6 Å². The Kier molecular flexibility index (Phi) is 7.13. The lowest BCUT2D eigenvalue weighted by Gasteiger charge is -2.16. The number of carbonyl (C=O) groups excluding carboxylic acids is 1. The van der Waals surface area contributed by atoms with E-state index >= 15 is 0 Å². The van der Waals surface area contributed by atoms with Gasteiger partial charge in [0.25, 0.3) is 0 Å². The average molecular weight is 407 g/mol. The predicted octanol–water partition coefficient (Wildman–Crippen LogP) is 4.07. The van der Waals surface area contributed by atoms with Crippen LogP contribution in [-0.4, -0.2) is 26.8 Å². The van der Waals surface area contributed by atoms with Gasteiger partial charge in [-0.15, -0.1) is 0 Å². The fraction of sp³-hybridized carbons (Fsp3) is 0.316. The summed E-state index contributed by atoms with van der Waals surface area (Å²) in [7, 11) is 3.21. The van der Waals surface area contributed by atoms with Crippen molar-refractivity contribution >= 4 is 22.0 Å². The van der Waals surface area contributed by atoms with E-state index in [0.29, 0.717) is 24.5 Å². The summed E-state index contributed by atoms with van der Waals surface area (Å²) < 4.78 is 11.5. The third kappa shape index (κ3) is 5.39. The van der Waals surface area contributed by atoms with Gasteiger partial charge < -0.3 is 20.1 Å². The lowest BCUT2D eigenvalue weighted by molar-refractivity contribution is 0.238. The maximum absolute atomic E-state index is 12.1. The molecule has 0 aliphatic heterocycles. The molecule has 0 unspecified atom stereocenters. The zero-order valence-electron chi connectivity index (χ0n) is 14.6. The standard InChI is InChI=1S/C19H23BrN2O3/c1-13(15-6-4-5-7-16(15)20)22-19(23)21-11-10-14-8-9-17(24-2)18(12-14)25-3/h4-9,12-13H,10-11H2,1-3H3,(H2,21,22,23)/t13-/m0/s1. The molecule has 0 aliphatic carbocycles. The number of hydrogen-bond acceptors (Lipinski definition) is 3. The van der Waals surface area contributed by atoms with Crippen molar-refractivity contribution in [2.75, 3.05) is 20.8 Å². The fourth-order valence-corrected chi connectivity index (χ4v) is 3.14. The van der Waals surface area contributed by atoms with Gasteiger partial charge in [-0.1, -0.05) is 40.2 Å². The molecule has 1 atom stereocenters. The number of ether oxygens (including phenoxy) is 2. The Morgan fingerprint density at radius 2 is 1.84 bits per heavy atom. The summed E-state index contributed by atoms with van der Waals surface area (Å²) in [4.78, 5) is 12.1. The van der Waals surface area contributed by atoms with Crippen molar-refractivity contribution < 1.29 is 14.3 Å². The van der Waals surface area contributed by atoms with Crippen LogP contribution in [0, 0.1) is 0 Å². The molecular weight excluding hydrogens is 384 g/mol. The molecular formula is C19H23BrN2O3. The van der Waals surface area contributed by atoms with E-state index in [1.54, 1.807) is 14.2 Å². The van der Waals surface area contributed by atoms with Gasteiger partial charge in [-0.25, -0.2) is 4.79 Å². The summed E-state index contributed by atoms with van der Waals surface area (Å²) in [5.41, 5.74) is 2.11. The van der Waals surface area contributed by atoms with Crippen LogP contribution >= 0.6 is 15.9 Å². The van der Waals surface area contributed by atoms with Crippen LogP contribution in [0.1, 0.15) is 24.1 Å². The zero-order valence-corrected chi connectivity index (χ0v) is 16.2. The molecule has 0 aliphatic rings. The van der Waals surface area contributed by atoms with E-state index in [1.807, 2.05) is 49.4 Å². The van der Waals surface area contributed by atoms with Gasteiger partial charge in [-0.2, -0.15) is 0 Å². The molecule has 0 spiro atoms. The van der Waals surface area contributed by atoms with E-state index < -0.39 is 0 Å². The molecule has 2 rings (SSSR count). The number of urea groups is 1. The third-order valence-corrected chi connectivity index (χ3v) is 4.59. The number of carbonyl (C=O) groups is 1. The molecule has 0 saturated carbocycles. The minimum atomic E-state index is -0.191. The molecule has 0 fully saturated rings. The third-order valence-electron chi connectivity index (χ3n) is 3.87. The number of hydrogen-bond donors (Lipinski definition) is 2. The van der Waals surface area contributed by atoms with Gasteiger partial charge in [0.15, 0.2) is 11.5 Å².